The lowest BCUT2D eigenvalue weighted by molar-refractivity contribution is 0.350. The summed E-state index contributed by atoms with van der Waals surface area (Å²) in [5.41, 5.74) is 6.12. The van der Waals surface area contributed by atoms with Gasteiger partial charge in [-0.2, -0.15) is 4.98 Å². The molecule has 0 fully saturated rings. The molecule has 2 aromatic heterocycles. The molecule has 0 radical (unpaired) electrons. The van der Waals surface area contributed by atoms with E-state index in [1.165, 1.54) is 12.3 Å². The van der Waals surface area contributed by atoms with Gasteiger partial charge in [0.1, 0.15) is 0 Å². The van der Waals surface area contributed by atoms with Crippen molar-refractivity contribution >= 4 is 0 Å². The molecule has 2 heterocycles. The predicted octanol–water partition coefficient (Wildman–Crippen LogP) is 1.40. The summed E-state index contributed by atoms with van der Waals surface area (Å²) in [6.07, 6.45) is 3.00. The minimum Gasteiger partial charge on any atom is -0.334 e. The summed E-state index contributed by atoms with van der Waals surface area (Å²) in [5, 5.41) is 3.93. The summed E-state index contributed by atoms with van der Waals surface area (Å²) in [6.45, 7) is 3.97. The largest absolute Gasteiger partial charge is 0.334 e. The first kappa shape index (κ1) is 12.5. The summed E-state index contributed by atoms with van der Waals surface area (Å²) in [6, 6.07) is 3.04. The van der Waals surface area contributed by atoms with Crippen LogP contribution < -0.4 is 11.3 Å². The Hall–Kier alpha value is -1.95. The van der Waals surface area contributed by atoms with Crippen molar-refractivity contribution in [2.75, 3.05) is 0 Å². The van der Waals surface area contributed by atoms with Crippen molar-refractivity contribution in [2.24, 2.45) is 5.73 Å². The van der Waals surface area contributed by atoms with Gasteiger partial charge in [0.05, 0.1) is 11.1 Å². The highest BCUT2D eigenvalue weighted by molar-refractivity contribution is 5.50. The monoisotopic (exact) mass is 248 g/mol. The Bertz CT molecular complexity index is 563. The number of pyridine rings is 1. The lowest BCUT2D eigenvalue weighted by Gasteiger charge is -2.21. The zero-order valence-corrected chi connectivity index (χ0v) is 10.4. The van der Waals surface area contributed by atoms with Gasteiger partial charge in [0.15, 0.2) is 5.82 Å². The lowest BCUT2D eigenvalue weighted by atomic mass is 9.93. The Balaban J connectivity index is 2.36. The van der Waals surface area contributed by atoms with E-state index >= 15 is 0 Å². The molecule has 0 saturated carbocycles. The third-order valence-electron chi connectivity index (χ3n) is 3.16. The average molecular weight is 248 g/mol. The summed E-state index contributed by atoms with van der Waals surface area (Å²) >= 11 is 0. The molecule has 0 spiro atoms. The molecule has 0 aliphatic rings. The van der Waals surface area contributed by atoms with Gasteiger partial charge in [0.2, 0.25) is 5.56 Å². The average Bonchev–Trinajstić information content (AvgIpc) is 2.89. The van der Waals surface area contributed by atoms with Crippen LogP contribution >= 0.6 is 0 Å². The number of hydrogen-bond donors (Lipinski definition) is 2. The smallest absolute Gasteiger partial charge is 0.259 e. The second kappa shape index (κ2) is 4.73. The zero-order chi connectivity index (χ0) is 13.2. The summed E-state index contributed by atoms with van der Waals surface area (Å²) in [7, 11) is 0. The molecule has 6 heteroatoms. The van der Waals surface area contributed by atoms with Crippen molar-refractivity contribution in [3.63, 3.8) is 0 Å². The van der Waals surface area contributed by atoms with Crippen molar-refractivity contribution in [1.82, 2.24) is 15.1 Å². The second-order valence-corrected chi connectivity index (χ2v) is 4.23. The molecule has 2 rings (SSSR count). The highest BCUT2D eigenvalue weighted by Gasteiger charge is 2.29. The Labute approximate surface area is 104 Å². The third kappa shape index (κ3) is 2.19. The molecule has 0 atom stereocenters. The van der Waals surface area contributed by atoms with Gasteiger partial charge < -0.3 is 15.2 Å². The highest BCUT2D eigenvalue weighted by atomic mass is 16.5. The fraction of sp³-hybridized carbons (Fsp3) is 0.417. The minimum absolute atomic E-state index is 0.172. The topological polar surface area (TPSA) is 97.8 Å². The van der Waals surface area contributed by atoms with Crippen LogP contribution in [-0.2, 0) is 5.54 Å². The van der Waals surface area contributed by atoms with Gasteiger partial charge in [-0.05, 0) is 18.9 Å². The van der Waals surface area contributed by atoms with Crippen LogP contribution in [0.1, 0.15) is 32.5 Å². The zero-order valence-electron chi connectivity index (χ0n) is 10.4. The Morgan fingerprint density at radius 2 is 2.11 bits per heavy atom. The first-order valence-electron chi connectivity index (χ1n) is 5.91. The maximum absolute atomic E-state index is 11.0. The molecule has 6 nitrogen and oxygen atoms in total. The first-order valence-corrected chi connectivity index (χ1v) is 5.91. The van der Waals surface area contributed by atoms with Crippen molar-refractivity contribution in [3.05, 3.63) is 34.5 Å². The Kier molecular flexibility index (Phi) is 3.29. The molecular formula is C12H16N4O2. The Morgan fingerprint density at radius 3 is 2.67 bits per heavy atom. The summed E-state index contributed by atoms with van der Waals surface area (Å²) < 4.78 is 5.18. The number of hydrogen-bond acceptors (Lipinski definition) is 5. The number of nitrogens with zero attached hydrogens (tertiary/aromatic N) is 2. The summed E-state index contributed by atoms with van der Waals surface area (Å²) in [5.74, 6) is 0.853. The molecule has 96 valence electrons. The van der Waals surface area contributed by atoms with Crippen LogP contribution in [-0.4, -0.2) is 15.1 Å². The highest BCUT2D eigenvalue weighted by Crippen LogP contribution is 2.25. The summed E-state index contributed by atoms with van der Waals surface area (Å²) in [4.78, 5) is 17.8. The van der Waals surface area contributed by atoms with Gasteiger partial charge in [0, 0.05) is 12.3 Å². The molecule has 0 aromatic carbocycles. The fourth-order valence-corrected chi connectivity index (χ4v) is 1.65. The number of H-pyrrole nitrogens is 1. The molecule has 0 unspecified atom stereocenters. The number of aromatic nitrogens is 3. The van der Waals surface area contributed by atoms with Crippen molar-refractivity contribution in [2.45, 2.75) is 32.2 Å². The van der Waals surface area contributed by atoms with Gasteiger partial charge in [0.25, 0.3) is 5.89 Å². The van der Waals surface area contributed by atoms with Gasteiger partial charge in [-0.25, -0.2) is 0 Å². The molecule has 0 aliphatic heterocycles. The number of aromatic amines is 1. The fourth-order valence-electron chi connectivity index (χ4n) is 1.65. The van der Waals surface area contributed by atoms with Crippen LogP contribution in [0, 0.1) is 0 Å². The van der Waals surface area contributed by atoms with E-state index < -0.39 is 5.54 Å². The van der Waals surface area contributed by atoms with E-state index in [-0.39, 0.29) is 5.56 Å². The normalized spacial score (nSPS) is 11.7. The molecule has 0 aliphatic carbocycles. The van der Waals surface area contributed by atoms with E-state index in [4.69, 9.17) is 10.3 Å². The second-order valence-electron chi connectivity index (χ2n) is 4.23. The standard InChI is InChI=1S/C12H16N4O2/c1-3-12(13,4-2)11-15-10(18-16-11)8-5-6-9(17)14-7-8/h5-7H,3-4,13H2,1-2H3,(H,14,17). The van der Waals surface area contributed by atoms with Gasteiger partial charge in [-0.3, -0.25) is 4.79 Å². The molecule has 2 aromatic rings. The molecule has 0 saturated heterocycles. The van der Waals surface area contributed by atoms with Crippen molar-refractivity contribution in [3.8, 4) is 11.5 Å². The Morgan fingerprint density at radius 1 is 1.39 bits per heavy atom. The van der Waals surface area contributed by atoms with Crippen LogP contribution in [0.25, 0.3) is 11.5 Å². The van der Waals surface area contributed by atoms with Gasteiger partial charge in [-0.1, -0.05) is 19.0 Å². The SMILES string of the molecule is CCC(N)(CC)c1noc(-c2ccc(=O)[nH]c2)n1. The van der Waals surface area contributed by atoms with E-state index in [9.17, 15) is 4.79 Å². The van der Waals surface area contributed by atoms with E-state index in [0.29, 0.717) is 17.3 Å². The first-order chi connectivity index (χ1) is 8.59. The van der Waals surface area contributed by atoms with E-state index in [0.717, 1.165) is 12.8 Å². The number of nitrogens with one attached hydrogen (secondary N) is 1. The van der Waals surface area contributed by atoms with Crippen molar-refractivity contribution < 1.29 is 4.52 Å². The van der Waals surface area contributed by atoms with Crippen LogP contribution in [0.3, 0.4) is 0 Å². The molecular weight excluding hydrogens is 232 g/mol. The van der Waals surface area contributed by atoms with E-state index in [1.807, 2.05) is 13.8 Å². The molecule has 0 bridgehead atoms. The maximum Gasteiger partial charge on any atom is 0.259 e. The molecule has 18 heavy (non-hydrogen) atoms. The van der Waals surface area contributed by atoms with E-state index in [2.05, 4.69) is 15.1 Å². The number of nitrogens with two attached hydrogens (primary N) is 1. The third-order valence-corrected chi connectivity index (χ3v) is 3.16. The predicted molar refractivity (Wildman–Crippen MR) is 66.8 cm³/mol. The van der Waals surface area contributed by atoms with Gasteiger partial charge in [-0.15, -0.1) is 0 Å². The minimum atomic E-state index is -0.566. The lowest BCUT2D eigenvalue weighted by Crippen LogP contribution is -2.36. The van der Waals surface area contributed by atoms with E-state index in [1.54, 1.807) is 6.07 Å². The van der Waals surface area contributed by atoms with Crippen LogP contribution in [0.5, 0.6) is 0 Å². The molecule has 3 N–H and O–H groups in total. The van der Waals surface area contributed by atoms with Gasteiger partial charge >= 0.3 is 0 Å². The maximum atomic E-state index is 11.0. The van der Waals surface area contributed by atoms with Crippen LogP contribution in [0.15, 0.2) is 27.6 Å². The quantitative estimate of drug-likeness (QED) is 0.852. The van der Waals surface area contributed by atoms with Crippen molar-refractivity contribution in [1.29, 1.82) is 0 Å². The van der Waals surface area contributed by atoms with Crippen LogP contribution in [0.4, 0.5) is 0 Å². The number of rotatable bonds is 4. The molecule has 0 amide bonds. The van der Waals surface area contributed by atoms with Crippen LogP contribution in [0.2, 0.25) is 0 Å².